The van der Waals surface area contributed by atoms with Gasteiger partial charge in [-0.25, -0.2) is 0 Å². The van der Waals surface area contributed by atoms with Crippen LogP contribution in [0.5, 0.6) is 0 Å². The van der Waals surface area contributed by atoms with E-state index in [2.05, 4.69) is 97.1 Å². The van der Waals surface area contributed by atoms with Crippen molar-refractivity contribution in [3.8, 4) is 11.1 Å². The Kier molecular flexibility index (Phi) is 5.65. The molecule has 4 aromatic carbocycles. The Hall–Kier alpha value is -2.50. The molecular weight excluding hydrogens is 441 g/mol. The maximum atomic E-state index is 9.87. The van der Waals surface area contributed by atoms with Crippen molar-refractivity contribution in [3.05, 3.63) is 97.1 Å². The molecule has 0 nitrogen and oxygen atoms in total. The third-order valence-electron chi connectivity index (χ3n) is 3.98. The van der Waals surface area contributed by atoms with Crippen LogP contribution in [-0.4, -0.2) is 0 Å². The number of fused-ring (bicyclic) bond motifs is 1. The zero-order valence-electron chi connectivity index (χ0n) is 15.4. The van der Waals surface area contributed by atoms with E-state index in [0.717, 1.165) is 0 Å². The van der Waals surface area contributed by atoms with E-state index in [0.29, 0.717) is 0 Å². The van der Waals surface area contributed by atoms with Crippen molar-refractivity contribution in [2.75, 3.05) is 0 Å². The van der Waals surface area contributed by atoms with Gasteiger partial charge >= 0.3 is 33.0 Å². The largest absolute Gasteiger partial charge is 0.158 e. The summed E-state index contributed by atoms with van der Waals surface area (Å²) in [6.45, 7) is 0. The van der Waals surface area contributed by atoms with Crippen molar-refractivity contribution < 1.29 is 25.2 Å². The van der Waals surface area contributed by atoms with E-state index in [1.54, 1.807) is 0 Å². The number of hydrogen-bond donors (Lipinski definition) is 0. The predicted octanol–water partition coefficient (Wildman–Crippen LogP) is 9.12. The monoisotopic (exact) mass is 458 g/mol. The average Bonchev–Trinajstić information content (AvgIpc) is 2.67. The fourth-order valence-electron chi connectivity index (χ4n) is 2.84. The normalized spacial score (nSPS) is 13.7. The van der Waals surface area contributed by atoms with E-state index in [1.165, 1.54) is 43.5 Å². The molecule has 4 rings (SSSR count). The van der Waals surface area contributed by atoms with Crippen molar-refractivity contribution >= 4 is 30.3 Å². The maximum absolute atomic E-state index is 10.7. The SMILES string of the molecule is F[P-](F)(F)(F)(F)F.c1ccc([SH+]c2ccc(-c3cccc4ccccc34)cc2)cc1. The Labute approximate surface area is 173 Å². The van der Waals surface area contributed by atoms with Gasteiger partial charge in [-0.05, 0) is 58.3 Å². The van der Waals surface area contributed by atoms with Gasteiger partial charge in [-0.15, -0.1) is 0 Å². The van der Waals surface area contributed by atoms with Gasteiger partial charge in [-0.2, -0.15) is 0 Å². The van der Waals surface area contributed by atoms with E-state index >= 15 is 0 Å². The van der Waals surface area contributed by atoms with Crippen molar-refractivity contribution in [3.63, 3.8) is 0 Å². The summed E-state index contributed by atoms with van der Waals surface area (Å²) < 4.78 is 59.2. The molecule has 0 aliphatic heterocycles. The molecule has 0 radical (unpaired) electrons. The number of benzene rings is 4. The molecule has 0 unspecified atom stereocenters. The van der Waals surface area contributed by atoms with Gasteiger partial charge in [0.05, 0.1) is 0 Å². The van der Waals surface area contributed by atoms with Gasteiger partial charge in [-0.3, -0.25) is 0 Å². The zero-order chi connectivity index (χ0) is 21.9. The second-order valence-electron chi connectivity index (χ2n) is 6.48. The summed E-state index contributed by atoms with van der Waals surface area (Å²) in [5.74, 6) is 0. The Morgan fingerprint density at radius 2 is 1.00 bits per heavy atom. The first-order valence-corrected chi connectivity index (χ1v) is 11.7. The summed E-state index contributed by atoms with van der Waals surface area (Å²) >= 11 is 1.25. The number of halogens is 6. The minimum atomic E-state index is -10.7. The Morgan fingerprint density at radius 3 is 1.63 bits per heavy atom. The van der Waals surface area contributed by atoms with Gasteiger partial charge in [0, 0.05) is 11.8 Å². The molecular formula is C22H17F6PS. The molecule has 0 aromatic heterocycles. The summed E-state index contributed by atoms with van der Waals surface area (Å²) in [6.07, 6.45) is 0. The van der Waals surface area contributed by atoms with Gasteiger partial charge in [0.25, 0.3) is 0 Å². The topological polar surface area (TPSA) is 0 Å². The molecule has 0 spiro atoms. The van der Waals surface area contributed by atoms with E-state index in [4.69, 9.17) is 0 Å². The maximum Gasteiger partial charge on any atom is 0.158 e. The van der Waals surface area contributed by atoms with E-state index < -0.39 is 7.81 Å². The molecule has 0 bridgehead atoms. The fraction of sp³-hybridized carbons (Fsp3) is 0. The minimum absolute atomic E-state index is 1.25. The molecule has 0 heterocycles. The van der Waals surface area contributed by atoms with Crippen LogP contribution in [0.3, 0.4) is 0 Å². The van der Waals surface area contributed by atoms with Gasteiger partial charge in [0.1, 0.15) is 0 Å². The van der Waals surface area contributed by atoms with Crippen molar-refractivity contribution in [1.82, 2.24) is 0 Å². The Morgan fingerprint density at radius 1 is 0.500 bits per heavy atom. The minimum Gasteiger partial charge on any atom is -0.0619 e. The van der Waals surface area contributed by atoms with E-state index in [9.17, 15) is 25.2 Å². The van der Waals surface area contributed by atoms with Crippen molar-refractivity contribution in [2.24, 2.45) is 0 Å². The summed E-state index contributed by atoms with van der Waals surface area (Å²) in [7, 11) is -10.7. The third-order valence-corrected chi connectivity index (χ3v) is 5.10. The summed E-state index contributed by atoms with van der Waals surface area (Å²) in [5.41, 5.74) is 2.57. The average molecular weight is 458 g/mol. The van der Waals surface area contributed by atoms with Crippen LogP contribution in [0.15, 0.2) is 107 Å². The quantitative estimate of drug-likeness (QED) is 0.124. The van der Waals surface area contributed by atoms with Crippen LogP contribution in [0.4, 0.5) is 25.2 Å². The third kappa shape index (κ3) is 7.73. The zero-order valence-corrected chi connectivity index (χ0v) is 17.2. The molecule has 0 aliphatic rings. The first-order chi connectivity index (χ1) is 13.8. The van der Waals surface area contributed by atoms with Gasteiger partial charge < -0.3 is 0 Å². The van der Waals surface area contributed by atoms with Crippen molar-refractivity contribution in [2.45, 2.75) is 9.79 Å². The predicted molar refractivity (Wildman–Crippen MR) is 115 cm³/mol. The van der Waals surface area contributed by atoms with Crippen LogP contribution >= 0.6 is 7.81 Å². The summed E-state index contributed by atoms with van der Waals surface area (Å²) in [5, 5.41) is 2.60. The Balaban J connectivity index is 0.000000318. The van der Waals surface area contributed by atoms with Crippen LogP contribution in [0.1, 0.15) is 0 Å². The second-order valence-corrected chi connectivity index (χ2v) is 9.65. The van der Waals surface area contributed by atoms with Crippen LogP contribution < -0.4 is 0 Å². The van der Waals surface area contributed by atoms with Crippen LogP contribution in [-0.2, 0) is 11.8 Å². The smallest absolute Gasteiger partial charge is 0.0619 e. The standard InChI is InChI=1S/C22H16S.F6P/c1-2-9-19(10-3-1)23-20-15-13-18(14-16-20)22-12-6-8-17-7-4-5-11-21(17)22;1-7(2,3,4,5)6/h1-16H;/q;-1/p+1. The molecule has 30 heavy (non-hydrogen) atoms. The van der Waals surface area contributed by atoms with Gasteiger partial charge in [0.15, 0.2) is 9.79 Å². The molecule has 0 atom stereocenters. The number of rotatable bonds is 3. The van der Waals surface area contributed by atoms with Crippen LogP contribution in [0.25, 0.3) is 21.9 Å². The van der Waals surface area contributed by atoms with Crippen molar-refractivity contribution in [1.29, 1.82) is 0 Å². The number of thiol groups is 1. The van der Waals surface area contributed by atoms with E-state index in [-0.39, 0.29) is 0 Å². The first kappa shape index (κ1) is 22.2. The van der Waals surface area contributed by atoms with Gasteiger partial charge in [-0.1, -0.05) is 60.7 Å². The fourth-order valence-corrected chi connectivity index (χ4v) is 3.76. The molecule has 0 aliphatic carbocycles. The second kappa shape index (κ2) is 7.64. The van der Waals surface area contributed by atoms with Gasteiger partial charge in [0.2, 0.25) is 0 Å². The molecule has 0 saturated heterocycles. The van der Waals surface area contributed by atoms with Crippen LogP contribution in [0.2, 0.25) is 0 Å². The molecule has 0 fully saturated rings. The molecule has 0 saturated carbocycles. The molecule has 0 N–H and O–H groups in total. The van der Waals surface area contributed by atoms with E-state index in [1.807, 2.05) is 0 Å². The van der Waals surface area contributed by atoms with Crippen LogP contribution in [0, 0.1) is 0 Å². The summed E-state index contributed by atoms with van der Waals surface area (Å²) in [4.78, 5) is 2.64. The first-order valence-electron chi connectivity index (χ1n) is 8.76. The number of hydrogen-bond acceptors (Lipinski definition) is 0. The molecule has 158 valence electrons. The molecule has 4 aromatic rings. The molecule has 8 heteroatoms. The molecule has 0 amide bonds. The Bertz CT molecular complexity index is 1130. The summed E-state index contributed by atoms with van der Waals surface area (Å²) in [6, 6.07) is 34.5.